The van der Waals surface area contributed by atoms with Gasteiger partial charge in [-0.2, -0.15) is 0 Å². The molecule has 0 saturated heterocycles. The molecule has 2 aromatic carbocycles. The predicted molar refractivity (Wildman–Crippen MR) is 78.4 cm³/mol. The number of hydrogen-bond donors (Lipinski definition) is 1. The van der Waals surface area contributed by atoms with Gasteiger partial charge in [-0.3, -0.25) is 0 Å². The molecule has 0 aliphatic heterocycles. The lowest BCUT2D eigenvalue weighted by Crippen LogP contribution is -1.92. The molecular formula is C15H17NOS. The Balaban J connectivity index is 2.11. The van der Waals surface area contributed by atoms with E-state index in [0.29, 0.717) is 0 Å². The Morgan fingerprint density at radius 2 is 1.83 bits per heavy atom. The van der Waals surface area contributed by atoms with Gasteiger partial charge in [0.05, 0.1) is 12.0 Å². The highest BCUT2D eigenvalue weighted by atomic mass is 32.2. The van der Waals surface area contributed by atoms with Crippen LogP contribution >= 0.6 is 11.9 Å². The van der Waals surface area contributed by atoms with Crippen molar-refractivity contribution < 1.29 is 4.74 Å². The Hall–Kier alpha value is -1.61. The Morgan fingerprint density at radius 3 is 2.56 bits per heavy atom. The molecular weight excluding hydrogens is 242 g/mol. The Bertz CT molecular complexity index is 540. The molecule has 0 radical (unpaired) electrons. The molecule has 94 valence electrons. The third kappa shape index (κ3) is 2.99. The third-order valence-corrected chi connectivity index (χ3v) is 3.60. The molecule has 0 aromatic heterocycles. The summed E-state index contributed by atoms with van der Waals surface area (Å²) in [4.78, 5) is 1.08. The number of nitrogens with one attached hydrogen (secondary N) is 1. The first-order valence-corrected chi connectivity index (χ1v) is 6.65. The van der Waals surface area contributed by atoms with E-state index >= 15 is 0 Å². The summed E-state index contributed by atoms with van der Waals surface area (Å²) in [6.45, 7) is 4.21. The SMILES string of the molecule is COc1ccccc1SNc1ccc(C)cc1C. The molecule has 0 spiro atoms. The molecule has 0 atom stereocenters. The summed E-state index contributed by atoms with van der Waals surface area (Å²) in [5.41, 5.74) is 3.66. The number of benzene rings is 2. The fraction of sp³-hybridized carbons (Fsp3) is 0.200. The Labute approximate surface area is 113 Å². The molecule has 0 aliphatic carbocycles. The van der Waals surface area contributed by atoms with Gasteiger partial charge in [-0.05, 0) is 49.6 Å². The second kappa shape index (κ2) is 5.83. The zero-order valence-corrected chi connectivity index (χ0v) is 11.7. The van der Waals surface area contributed by atoms with Crippen LogP contribution in [0.5, 0.6) is 5.75 Å². The van der Waals surface area contributed by atoms with Crippen LogP contribution in [0.3, 0.4) is 0 Å². The maximum absolute atomic E-state index is 5.32. The standard InChI is InChI=1S/C15H17NOS/c1-11-8-9-13(12(2)10-11)16-18-15-7-5-4-6-14(15)17-3/h4-10,16H,1-3H3. The van der Waals surface area contributed by atoms with E-state index in [1.165, 1.54) is 11.1 Å². The first kappa shape index (κ1) is 12.8. The number of methoxy groups -OCH3 is 1. The lowest BCUT2D eigenvalue weighted by Gasteiger charge is -2.11. The fourth-order valence-corrected chi connectivity index (χ4v) is 2.59. The number of para-hydroxylation sites is 1. The van der Waals surface area contributed by atoms with E-state index < -0.39 is 0 Å². The van der Waals surface area contributed by atoms with Crippen molar-refractivity contribution >= 4 is 17.6 Å². The van der Waals surface area contributed by atoms with Gasteiger partial charge in [-0.1, -0.05) is 29.8 Å². The van der Waals surface area contributed by atoms with Crippen molar-refractivity contribution in [2.75, 3.05) is 11.8 Å². The Morgan fingerprint density at radius 1 is 1.06 bits per heavy atom. The normalized spacial score (nSPS) is 10.2. The van der Waals surface area contributed by atoms with Gasteiger partial charge in [0.15, 0.2) is 0 Å². The van der Waals surface area contributed by atoms with Crippen LogP contribution in [-0.4, -0.2) is 7.11 Å². The van der Waals surface area contributed by atoms with Crippen LogP contribution in [0, 0.1) is 13.8 Å². The fourth-order valence-electron chi connectivity index (χ4n) is 1.74. The van der Waals surface area contributed by atoms with Crippen molar-refractivity contribution in [1.82, 2.24) is 0 Å². The first-order valence-electron chi connectivity index (χ1n) is 5.84. The number of ether oxygens (including phenoxy) is 1. The lowest BCUT2D eigenvalue weighted by atomic mass is 10.1. The van der Waals surface area contributed by atoms with E-state index in [1.807, 2.05) is 24.3 Å². The summed E-state index contributed by atoms with van der Waals surface area (Å²) in [6, 6.07) is 14.4. The van der Waals surface area contributed by atoms with Crippen LogP contribution in [-0.2, 0) is 0 Å². The highest BCUT2D eigenvalue weighted by Crippen LogP contribution is 2.30. The second-order valence-corrected chi connectivity index (χ2v) is 5.02. The maximum atomic E-state index is 5.32. The van der Waals surface area contributed by atoms with E-state index in [2.05, 4.69) is 36.8 Å². The number of anilines is 1. The van der Waals surface area contributed by atoms with Gasteiger partial charge in [0.1, 0.15) is 5.75 Å². The van der Waals surface area contributed by atoms with E-state index in [1.54, 1.807) is 19.1 Å². The van der Waals surface area contributed by atoms with Crippen LogP contribution in [0.25, 0.3) is 0 Å². The van der Waals surface area contributed by atoms with Gasteiger partial charge < -0.3 is 9.46 Å². The number of hydrogen-bond acceptors (Lipinski definition) is 3. The minimum absolute atomic E-state index is 0.889. The van der Waals surface area contributed by atoms with Gasteiger partial charge in [0.25, 0.3) is 0 Å². The van der Waals surface area contributed by atoms with Crippen LogP contribution in [0.2, 0.25) is 0 Å². The van der Waals surface area contributed by atoms with E-state index in [4.69, 9.17) is 4.74 Å². The average molecular weight is 259 g/mol. The molecule has 3 heteroatoms. The summed E-state index contributed by atoms with van der Waals surface area (Å²) < 4.78 is 8.69. The van der Waals surface area contributed by atoms with Crippen molar-refractivity contribution in [3.05, 3.63) is 53.6 Å². The summed E-state index contributed by atoms with van der Waals surface area (Å²) in [6.07, 6.45) is 0. The molecule has 0 bridgehead atoms. The molecule has 0 amide bonds. The molecule has 2 nitrogen and oxygen atoms in total. The lowest BCUT2D eigenvalue weighted by molar-refractivity contribution is 0.405. The monoisotopic (exact) mass is 259 g/mol. The predicted octanol–water partition coefficient (Wildman–Crippen LogP) is 4.43. The molecule has 0 aliphatic rings. The van der Waals surface area contributed by atoms with Gasteiger partial charge in [-0.15, -0.1) is 0 Å². The average Bonchev–Trinajstić information content (AvgIpc) is 2.38. The van der Waals surface area contributed by atoms with Crippen LogP contribution in [0.1, 0.15) is 11.1 Å². The van der Waals surface area contributed by atoms with Gasteiger partial charge in [0.2, 0.25) is 0 Å². The van der Waals surface area contributed by atoms with Crippen LogP contribution in [0.15, 0.2) is 47.4 Å². The zero-order chi connectivity index (χ0) is 13.0. The highest BCUT2D eigenvalue weighted by Gasteiger charge is 2.03. The summed E-state index contributed by atoms with van der Waals surface area (Å²) >= 11 is 1.57. The quantitative estimate of drug-likeness (QED) is 0.821. The second-order valence-electron chi connectivity index (χ2n) is 4.17. The minimum Gasteiger partial charge on any atom is -0.496 e. The summed E-state index contributed by atoms with van der Waals surface area (Å²) in [5, 5.41) is 0. The zero-order valence-electron chi connectivity index (χ0n) is 10.9. The molecule has 0 unspecified atom stereocenters. The molecule has 2 aromatic rings. The van der Waals surface area contributed by atoms with Gasteiger partial charge >= 0.3 is 0 Å². The molecule has 1 N–H and O–H groups in total. The first-order chi connectivity index (χ1) is 8.70. The topological polar surface area (TPSA) is 21.3 Å². The van der Waals surface area contributed by atoms with E-state index in [-0.39, 0.29) is 0 Å². The van der Waals surface area contributed by atoms with Crippen molar-refractivity contribution in [2.24, 2.45) is 0 Å². The van der Waals surface area contributed by atoms with Crippen LogP contribution in [0.4, 0.5) is 5.69 Å². The van der Waals surface area contributed by atoms with Crippen LogP contribution < -0.4 is 9.46 Å². The molecule has 18 heavy (non-hydrogen) atoms. The molecule has 0 saturated carbocycles. The minimum atomic E-state index is 0.889. The Kier molecular flexibility index (Phi) is 4.15. The van der Waals surface area contributed by atoms with E-state index in [0.717, 1.165) is 16.3 Å². The van der Waals surface area contributed by atoms with Crippen molar-refractivity contribution in [1.29, 1.82) is 0 Å². The van der Waals surface area contributed by atoms with E-state index in [9.17, 15) is 0 Å². The number of rotatable bonds is 4. The van der Waals surface area contributed by atoms with Crippen molar-refractivity contribution in [3.8, 4) is 5.75 Å². The molecule has 0 heterocycles. The smallest absolute Gasteiger partial charge is 0.134 e. The van der Waals surface area contributed by atoms with Crippen molar-refractivity contribution in [2.45, 2.75) is 18.7 Å². The summed E-state index contributed by atoms with van der Waals surface area (Å²) in [7, 11) is 1.69. The molecule has 2 rings (SSSR count). The van der Waals surface area contributed by atoms with Crippen molar-refractivity contribution in [3.63, 3.8) is 0 Å². The number of aryl methyl sites for hydroxylation is 2. The maximum Gasteiger partial charge on any atom is 0.134 e. The summed E-state index contributed by atoms with van der Waals surface area (Å²) in [5.74, 6) is 0.889. The van der Waals surface area contributed by atoms with Gasteiger partial charge in [0, 0.05) is 5.69 Å². The third-order valence-electron chi connectivity index (χ3n) is 2.72. The largest absolute Gasteiger partial charge is 0.496 e. The van der Waals surface area contributed by atoms with Gasteiger partial charge in [-0.25, -0.2) is 0 Å². The highest BCUT2D eigenvalue weighted by molar-refractivity contribution is 8.00. The molecule has 0 fully saturated rings.